The normalized spacial score (nSPS) is 18.1. The van der Waals surface area contributed by atoms with Crippen LogP contribution in [0, 0.1) is 0 Å². The lowest BCUT2D eigenvalue weighted by atomic mass is 10.2. The average molecular weight is 197 g/mol. The van der Waals surface area contributed by atoms with Crippen LogP contribution in [-0.4, -0.2) is 11.6 Å². The summed E-state index contributed by atoms with van der Waals surface area (Å²) in [7, 11) is 0. The lowest BCUT2D eigenvalue weighted by Gasteiger charge is -2.08. The molecule has 0 aliphatic heterocycles. The molecule has 1 fully saturated rings. The van der Waals surface area contributed by atoms with Gasteiger partial charge in [-0.1, -0.05) is 25.7 Å². The zero-order chi connectivity index (χ0) is 10.6. The van der Waals surface area contributed by atoms with E-state index in [1.54, 1.807) is 0 Å². The van der Waals surface area contributed by atoms with E-state index in [0.29, 0.717) is 25.0 Å². The van der Waals surface area contributed by atoms with E-state index >= 15 is 0 Å². The quantitative estimate of drug-likeness (QED) is 0.674. The van der Waals surface area contributed by atoms with Gasteiger partial charge in [0.1, 0.15) is 0 Å². The van der Waals surface area contributed by atoms with Crippen LogP contribution in [-0.2, 0) is 4.79 Å². The fraction of sp³-hybridized carbons (Fsp3) is 0.545. The molecule has 0 aromatic heterocycles. The van der Waals surface area contributed by atoms with Gasteiger partial charge in [-0.15, -0.1) is 0 Å². The number of amides is 1. The SMILES string of the molecule is C=C(C/C=C\CC)NC(=O)C1(F)CC1. The Labute approximate surface area is 83.9 Å². The van der Waals surface area contributed by atoms with E-state index in [1.807, 2.05) is 19.1 Å². The number of halogens is 1. The van der Waals surface area contributed by atoms with Gasteiger partial charge in [0.05, 0.1) is 0 Å². The van der Waals surface area contributed by atoms with Gasteiger partial charge in [0.15, 0.2) is 5.67 Å². The topological polar surface area (TPSA) is 29.1 Å². The average Bonchev–Trinajstić information content (AvgIpc) is 2.85. The molecule has 0 saturated heterocycles. The van der Waals surface area contributed by atoms with Crippen LogP contribution in [0.5, 0.6) is 0 Å². The molecule has 78 valence electrons. The fourth-order valence-electron chi connectivity index (χ4n) is 1.05. The molecule has 0 bridgehead atoms. The van der Waals surface area contributed by atoms with E-state index in [1.165, 1.54) is 0 Å². The lowest BCUT2D eigenvalue weighted by molar-refractivity contribution is -0.126. The minimum Gasteiger partial charge on any atom is -0.327 e. The van der Waals surface area contributed by atoms with E-state index in [0.717, 1.165) is 6.42 Å². The summed E-state index contributed by atoms with van der Waals surface area (Å²) in [5.41, 5.74) is -1.04. The van der Waals surface area contributed by atoms with Crippen molar-refractivity contribution in [3.63, 3.8) is 0 Å². The lowest BCUT2D eigenvalue weighted by Crippen LogP contribution is -2.32. The molecule has 0 aromatic carbocycles. The zero-order valence-electron chi connectivity index (χ0n) is 8.48. The first-order valence-corrected chi connectivity index (χ1v) is 4.91. The highest BCUT2D eigenvalue weighted by Gasteiger charge is 2.50. The Morgan fingerprint density at radius 2 is 2.21 bits per heavy atom. The number of carbonyl (C=O) groups is 1. The maximum absolute atomic E-state index is 13.2. The van der Waals surface area contributed by atoms with Crippen LogP contribution < -0.4 is 5.32 Å². The first-order chi connectivity index (χ1) is 6.58. The van der Waals surface area contributed by atoms with Gasteiger partial charge < -0.3 is 5.32 Å². The second-order valence-corrected chi connectivity index (χ2v) is 3.61. The third kappa shape index (κ3) is 2.98. The number of nitrogens with one attached hydrogen (secondary N) is 1. The highest BCUT2D eigenvalue weighted by molar-refractivity contribution is 5.89. The van der Waals surface area contributed by atoms with Crippen LogP contribution in [0.1, 0.15) is 32.6 Å². The molecule has 0 spiro atoms. The first kappa shape index (κ1) is 11.0. The third-order valence-electron chi connectivity index (χ3n) is 2.15. The first-order valence-electron chi connectivity index (χ1n) is 4.91. The molecule has 0 heterocycles. The second kappa shape index (κ2) is 4.40. The van der Waals surface area contributed by atoms with Crippen molar-refractivity contribution < 1.29 is 9.18 Å². The van der Waals surface area contributed by atoms with Gasteiger partial charge in [-0.2, -0.15) is 0 Å². The summed E-state index contributed by atoms with van der Waals surface area (Å²) in [5.74, 6) is -0.535. The molecule has 0 atom stereocenters. The Morgan fingerprint density at radius 3 is 2.71 bits per heavy atom. The highest BCUT2D eigenvalue weighted by atomic mass is 19.1. The predicted octanol–water partition coefficient (Wildman–Crippen LogP) is 2.47. The van der Waals surface area contributed by atoms with Gasteiger partial charge in [0, 0.05) is 12.1 Å². The molecule has 1 N–H and O–H groups in total. The Kier molecular flexibility index (Phi) is 3.44. The van der Waals surface area contributed by atoms with E-state index in [4.69, 9.17) is 0 Å². The van der Waals surface area contributed by atoms with Crippen LogP contribution in [0.3, 0.4) is 0 Å². The largest absolute Gasteiger partial charge is 0.327 e. The van der Waals surface area contributed by atoms with Crippen molar-refractivity contribution in [2.45, 2.75) is 38.3 Å². The molecule has 0 aromatic rings. The van der Waals surface area contributed by atoms with E-state index < -0.39 is 11.6 Å². The Hall–Kier alpha value is -1.12. The molecule has 1 aliphatic rings. The molecule has 0 unspecified atom stereocenters. The molecule has 2 nitrogen and oxygen atoms in total. The van der Waals surface area contributed by atoms with E-state index in [2.05, 4.69) is 11.9 Å². The van der Waals surface area contributed by atoms with Gasteiger partial charge in [0.2, 0.25) is 0 Å². The smallest absolute Gasteiger partial charge is 0.261 e. The molecule has 3 heteroatoms. The number of carbonyl (C=O) groups excluding carboxylic acids is 1. The van der Waals surface area contributed by atoms with Crippen molar-refractivity contribution >= 4 is 5.91 Å². The molecule has 1 saturated carbocycles. The summed E-state index contributed by atoms with van der Waals surface area (Å²) < 4.78 is 13.2. The molecule has 1 rings (SSSR count). The van der Waals surface area contributed by atoms with E-state index in [9.17, 15) is 9.18 Å². The predicted molar refractivity (Wildman–Crippen MR) is 54.4 cm³/mol. The van der Waals surface area contributed by atoms with Crippen molar-refractivity contribution in [2.24, 2.45) is 0 Å². The van der Waals surface area contributed by atoms with Crippen molar-refractivity contribution in [1.29, 1.82) is 0 Å². The molecule has 1 amide bonds. The monoisotopic (exact) mass is 197 g/mol. The summed E-state index contributed by atoms with van der Waals surface area (Å²) in [6.45, 7) is 5.68. The summed E-state index contributed by atoms with van der Waals surface area (Å²) in [4.78, 5) is 11.2. The highest BCUT2D eigenvalue weighted by Crippen LogP contribution is 2.39. The summed E-state index contributed by atoms with van der Waals surface area (Å²) >= 11 is 0. The Balaban J connectivity index is 2.27. The third-order valence-corrected chi connectivity index (χ3v) is 2.15. The molecule has 14 heavy (non-hydrogen) atoms. The summed E-state index contributed by atoms with van der Waals surface area (Å²) in [6, 6.07) is 0. The van der Waals surface area contributed by atoms with Crippen LogP contribution >= 0.6 is 0 Å². The van der Waals surface area contributed by atoms with Gasteiger partial charge in [-0.05, 0) is 19.3 Å². The van der Waals surface area contributed by atoms with Crippen molar-refractivity contribution in [2.75, 3.05) is 0 Å². The van der Waals surface area contributed by atoms with Gasteiger partial charge in [-0.25, -0.2) is 4.39 Å². The standard InChI is InChI=1S/C11H16FNO/c1-3-4-5-6-9(2)13-10(14)11(12)7-8-11/h4-5H,2-3,6-8H2,1H3,(H,13,14)/b5-4-. The number of hydrogen-bond donors (Lipinski definition) is 1. The van der Waals surface area contributed by atoms with E-state index in [-0.39, 0.29) is 0 Å². The van der Waals surface area contributed by atoms with Crippen LogP contribution in [0.2, 0.25) is 0 Å². The minimum absolute atomic E-state index is 0.344. The van der Waals surface area contributed by atoms with Gasteiger partial charge >= 0.3 is 0 Å². The molecule has 1 aliphatic carbocycles. The van der Waals surface area contributed by atoms with Crippen molar-refractivity contribution in [1.82, 2.24) is 5.32 Å². The number of hydrogen-bond acceptors (Lipinski definition) is 1. The van der Waals surface area contributed by atoms with Gasteiger partial charge in [0.25, 0.3) is 5.91 Å². The molecule has 0 radical (unpaired) electrons. The van der Waals surface area contributed by atoms with Crippen LogP contribution in [0.15, 0.2) is 24.4 Å². The molecular weight excluding hydrogens is 181 g/mol. The van der Waals surface area contributed by atoms with Crippen molar-refractivity contribution in [3.05, 3.63) is 24.4 Å². The zero-order valence-corrected chi connectivity index (χ0v) is 8.48. The maximum Gasteiger partial charge on any atom is 0.261 e. The Morgan fingerprint density at radius 1 is 1.57 bits per heavy atom. The fourth-order valence-corrected chi connectivity index (χ4v) is 1.05. The number of alkyl halides is 1. The number of rotatable bonds is 5. The summed E-state index contributed by atoms with van der Waals surface area (Å²) in [5, 5.41) is 2.48. The van der Waals surface area contributed by atoms with Gasteiger partial charge in [-0.3, -0.25) is 4.79 Å². The Bertz CT molecular complexity index is 266. The minimum atomic E-state index is -1.60. The van der Waals surface area contributed by atoms with Crippen LogP contribution in [0.4, 0.5) is 4.39 Å². The number of allylic oxidation sites excluding steroid dienone is 2. The maximum atomic E-state index is 13.2. The second-order valence-electron chi connectivity index (χ2n) is 3.61. The van der Waals surface area contributed by atoms with Crippen molar-refractivity contribution in [3.8, 4) is 0 Å². The molecular formula is C11H16FNO. The van der Waals surface area contributed by atoms with Crippen LogP contribution in [0.25, 0.3) is 0 Å². The summed E-state index contributed by atoms with van der Waals surface area (Å²) in [6.07, 6.45) is 6.12.